The molecule has 5 N–H and O–H groups in total. The number of rotatable bonds is 1. The quantitative estimate of drug-likeness (QED) is 0.487. The summed E-state index contributed by atoms with van der Waals surface area (Å²) in [4.78, 5) is 19.0. The minimum atomic E-state index is -4.47. The van der Waals surface area contributed by atoms with Gasteiger partial charge in [0, 0.05) is 16.9 Å². The third-order valence-corrected chi connectivity index (χ3v) is 5.33. The predicted molar refractivity (Wildman–Crippen MR) is 109 cm³/mol. The fraction of sp³-hybridized carbons (Fsp3) is 0.474. The van der Waals surface area contributed by atoms with Gasteiger partial charge in [-0.25, -0.2) is 9.78 Å². The molecule has 0 aliphatic carbocycles. The van der Waals surface area contributed by atoms with Gasteiger partial charge >= 0.3 is 12.3 Å². The Balaban J connectivity index is 2.16. The first-order valence-electron chi connectivity index (χ1n) is 9.44. The molecule has 1 amide bonds. The molecule has 2 unspecified atom stereocenters. The number of nitrogens with two attached hydrogens (primary N) is 1. The number of carbonyl (C=O) groups is 1. The highest BCUT2D eigenvalue weighted by molar-refractivity contribution is 6.32. The summed E-state index contributed by atoms with van der Waals surface area (Å²) < 4.78 is 45.7. The topological polar surface area (TPSA) is 105 Å². The average Bonchev–Trinajstić information content (AvgIpc) is 3.06. The largest absolute Gasteiger partial charge is 0.453 e. The number of hydrogen-bond acceptors (Lipinski definition) is 5. The molecule has 2 aromatic rings. The lowest BCUT2D eigenvalue weighted by Crippen LogP contribution is -2.36. The van der Waals surface area contributed by atoms with E-state index < -0.39 is 24.4 Å². The Hall–Kier alpha value is -2.46. The number of benzene rings is 1. The number of aryl methyl sites for hydroxylation is 1. The predicted octanol–water partition coefficient (Wildman–Crippen LogP) is 5.13. The molecule has 0 saturated carbocycles. The van der Waals surface area contributed by atoms with Gasteiger partial charge in [-0.2, -0.15) is 13.2 Å². The molecule has 0 saturated heterocycles. The fourth-order valence-electron chi connectivity index (χ4n) is 3.40. The second kappa shape index (κ2) is 8.73. The number of aromatic amines is 1. The van der Waals surface area contributed by atoms with Crippen molar-refractivity contribution in [3.63, 3.8) is 0 Å². The van der Waals surface area contributed by atoms with Crippen LogP contribution >= 0.6 is 11.6 Å². The van der Waals surface area contributed by atoms with Crippen molar-refractivity contribution in [2.24, 2.45) is 5.73 Å². The second-order valence-electron chi connectivity index (χ2n) is 7.24. The Morgan fingerprint density at radius 1 is 1.33 bits per heavy atom. The molecule has 2 heterocycles. The summed E-state index contributed by atoms with van der Waals surface area (Å²) in [7, 11) is 1.20. The van der Waals surface area contributed by atoms with Crippen molar-refractivity contribution in [2.45, 2.75) is 50.9 Å². The Labute approximate surface area is 176 Å². The molecule has 1 aliphatic rings. The van der Waals surface area contributed by atoms with Gasteiger partial charge in [-0.3, -0.25) is 5.32 Å². The van der Waals surface area contributed by atoms with E-state index in [4.69, 9.17) is 17.3 Å². The number of amides is 1. The van der Waals surface area contributed by atoms with Gasteiger partial charge in [0.15, 0.2) is 0 Å². The Morgan fingerprint density at radius 3 is 2.70 bits per heavy atom. The van der Waals surface area contributed by atoms with Crippen molar-refractivity contribution in [3.8, 4) is 11.3 Å². The van der Waals surface area contributed by atoms with Crippen LogP contribution in [-0.2, 0) is 4.74 Å². The van der Waals surface area contributed by atoms with Crippen molar-refractivity contribution in [1.82, 2.24) is 9.97 Å². The molecule has 0 radical (unpaired) electrons. The zero-order valence-electron chi connectivity index (χ0n) is 16.5. The third kappa shape index (κ3) is 4.81. The van der Waals surface area contributed by atoms with Crippen LogP contribution in [0.3, 0.4) is 0 Å². The minimum Gasteiger partial charge on any atom is -0.453 e. The SMILES string of the molecule is COC(=O)Nc1cc2c(cc1C)-c1nc([nH]c1Cl)C(N)CCCCC(C(F)(F)F)N2. The van der Waals surface area contributed by atoms with E-state index >= 15 is 0 Å². The molecule has 164 valence electrons. The molecule has 0 fully saturated rings. The lowest BCUT2D eigenvalue weighted by molar-refractivity contribution is -0.144. The number of nitrogens with one attached hydrogen (secondary N) is 3. The van der Waals surface area contributed by atoms with Crippen molar-refractivity contribution < 1.29 is 22.7 Å². The van der Waals surface area contributed by atoms with E-state index in [1.165, 1.54) is 13.2 Å². The minimum absolute atomic E-state index is 0.115. The Morgan fingerprint density at radius 2 is 2.03 bits per heavy atom. The molecule has 30 heavy (non-hydrogen) atoms. The lowest BCUT2D eigenvalue weighted by Gasteiger charge is -2.25. The molecule has 11 heteroatoms. The number of carbonyl (C=O) groups excluding carboxylic acids is 1. The highest BCUT2D eigenvalue weighted by atomic mass is 35.5. The van der Waals surface area contributed by atoms with Gasteiger partial charge in [0.2, 0.25) is 0 Å². The summed E-state index contributed by atoms with van der Waals surface area (Å²) in [6.45, 7) is 1.70. The number of H-pyrrole nitrogens is 1. The van der Waals surface area contributed by atoms with Gasteiger partial charge in [-0.1, -0.05) is 24.4 Å². The van der Waals surface area contributed by atoms with Crippen molar-refractivity contribution >= 4 is 29.1 Å². The van der Waals surface area contributed by atoms with Crippen LogP contribution in [0.15, 0.2) is 12.1 Å². The Bertz CT molecular complexity index is 932. The van der Waals surface area contributed by atoms with E-state index in [0.29, 0.717) is 47.6 Å². The van der Waals surface area contributed by atoms with Crippen molar-refractivity contribution in [2.75, 3.05) is 17.7 Å². The number of imidazole rings is 1. The van der Waals surface area contributed by atoms with E-state index in [1.807, 2.05) is 0 Å². The zero-order valence-corrected chi connectivity index (χ0v) is 17.2. The first kappa shape index (κ1) is 22.2. The molecular formula is C19H23ClF3N5O2. The normalized spacial score (nSPS) is 19.7. The van der Waals surface area contributed by atoms with Crippen molar-refractivity contribution in [1.29, 1.82) is 0 Å². The monoisotopic (exact) mass is 445 g/mol. The average molecular weight is 446 g/mol. The number of nitrogens with zero attached hydrogens (tertiary/aromatic N) is 1. The van der Waals surface area contributed by atoms with Crippen molar-refractivity contribution in [3.05, 3.63) is 28.7 Å². The summed E-state index contributed by atoms with van der Waals surface area (Å²) in [5, 5.41) is 5.28. The summed E-state index contributed by atoms with van der Waals surface area (Å²) in [5.74, 6) is 0.475. The Kier molecular flexibility index (Phi) is 6.47. The molecule has 2 atom stereocenters. The number of hydrogen-bond donors (Lipinski definition) is 4. The van der Waals surface area contributed by atoms with Crippen LogP contribution in [0, 0.1) is 6.92 Å². The van der Waals surface area contributed by atoms with E-state index in [9.17, 15) is 18.0 Å². The number of ether oxygens (including phenoxy) is 1. The van der Waals surface area contributed by atoms with Crippen LogP contribution in [0.25, 0.3) is 11.3 Å². The van der Waals surface area contributed by atoms with E-state index in [2.05, 4.69) is 25.3 Å². The third-order valence-electron chi connectivity index (χ3n) is 5.05. The van der Waals surface area contributed by atoms with Gasteiger partial charge in [0.05, 0.1) is 13.2 Å². The highest BCUT2D eigenvalue weighted by Gasteiger charge is 2.40. The molecule has 1 aromatic heterocycles. The number of halogens is 4. The van der Waals surface area contributed by atoms with Gasteiger partial charge in [-0.15, -0.1) is 0 Å². The molecule has 1 aromatic carbocycles. The van der Waals surface area contributed by atoms with Crippen LogP contribution in [0.5, 0.6) is 0 Å². The first-order valence-corrected chi connectivity index (χ1v) is 9.82. The molecule has 7 nitrogen and oxygen atoms in total. The number of methoxy groups -OCH3 is 1. The van der Waals surface area contributed by atoms with Crippen LogP contribution in [-0.4, -0.2) is 35.4 Å². The standard InChI is InChI=1S/C19H23ClF3N5O2/c1-9-7-10-13(8-12(9)26-18(29)30-2)25-14(19(21,22)23)6-4-3-5-11(24)17-27-15(10)16(20)28-17/h7-8,11,14,25H,3-6,24H2,1-2H3,(H,26,29)(H,27,28). The van der Waals surface area contributed by atoms with Crippen LogP contribution in [0.2, 0.25) is 5.15 Å². The van der Waals surface area contributed by atoms with E-state index in [0.717, 1.165) is 0 Å². The summed E-state index contributed by atoms with van der Waals surface area (Å²) in [6, 6.07) is 0.802. The number of aromatic nitrogens is 2. The van der Waals surface area contributed by atoms with E-state index in [-0.39, 0.29) is 17.3 Å². The van der Waals surface area contributed by atoms with Crippen LogP contribution in [0.1, 0.15) is 43.1 Å². The maximum absolute atomic E-state index is 13.7. The molecule has 1 aliphatic heterocycles. The number of alkyl halides is 3. The maximum Gasteiger partial charge on any atom is 0.411 e. The van der Waals surface area contributed by atoms with E-state index in [1.54, 1.807) is 13.0 Å². The second-order valence-corrected chi connectivity index (χ2v) is 7.62. The van der Waals surface area contributed by atoms with Gasteiger partial charge in [-0.05, 0) is 37.5 Å². The summed E-state index contributed by atoms with van der Waals surface area (Å²) in [5.41, 5.74) is 7.86. The summed E-state index contributed by atoms with van der Waals surface area (Å²) >= 11 is 6.32. The van der Waals surface area contributed by atoms with Crippen LogP contribution < -0.4 is 16.4 Å². The fourth-order valence-corrected chi connectivity index (χ4v) is 3.64. The lowest BCUT2D eigenvalue weighted by atomic mass is 10.0. The maximum atomic E-state index is 13.7. The smallest absolute Gasteiger partial charge is 0.411 e. The molecule has 2 bridgehead atoms. The highest BCUT2D eigenvalue weighted by Crippen LogP contribution is 2.39. The van der Waals surface area contributed by atoms with Gasteiger partial charge in [0.25, 0.3) is 0 Å². The number of anilines is 2. The van der Waals surface area contributed by atoms with Gasteiger partial charge < -0.3 is 20.8 Å². The van der Waals surface area contributed by atoms with Gasteiger partial charge in [0.1, 0.15) is 22.7 Å². The molecule has 0 spiro atoms. The number of fused-ring (bicyclic) bond motifs is 4. The summed E-state index contributed by atoms with van der Waals surface area (Å²) in [6.07, 6.45) is -3.98. The molecular weight excluding hydrogens is 423 g/mol. The molecule has 3 rings (SSSR count). The zero-order chi connectivity index (χ0) is 22.1. The first-order chi connectivity index (χ1) is 14.1. The van der Waals surface area contributed by atoms with Crippen LogP contribution in [0.4, 0.5) is 29.3 Å².